The first-order valence-corrected chi connectivity index (χ1v) is 19.3. The molecule has 131 heavy (non-hydrogen) atoms. The van der Waals surface area contributed by atoms with Gasteiger partial charge in [0.15, 0.2) is 15.4 Å². The molecular weight excluding hydrogens is 2350 g/mol. The summed E-state index contributed by atoms with van der Waals surface area (Å²) in [5, 5.41) is 9.98. The van der Waals surface area contributed by atoms with Crippen LogP contribution in [0.15, 0.2) is 18.6 Å². The monoisotopic (exact) mass is 2380 g/mol. The maximum absolute atomic E-state index is 10.7. The number of esters is 1. The van der Waals surface area contributed by atoms with Gasteiger partial charge in [-0.05, 0) is 12.8 Å². The van der Waals surface area contributed by atoms with Crippen molar-refractivity contribution in [3.05, 3.63) is 33.2 Å². The number of anilines is 3. The van der Waals surface area contributed by atoms with Crippen molar-refractivity contribution in [1.29, 1.82) is 0 Å². The van der Waals surface area contributed by atoms with Crippen LogP contribution in [-0.4, -0.2) is 39.2 Å². The number of methoxy groups -OCH3 is 1. The summed E-state index contributed by atoms with van der Waals surface area (Å²) >= 11 is 3.93. The third kappa shape index (κ3) is 1130. The van der Waals surface area contributed by atoms with Gasteiger partial charge in [-0.2, -0.15) is 0 Å². The zero-order valence-electron chi connectivity index (χ0n) is 55.2. The number of hydrogen-bond donors (Lipinski definition) is 4. The number of carbonyl (C=O) groups is 1. The maximum atomic E-state index is 10.7. The summed E-state index contributed by atoms with van der Waals surface area (Å²) in [7, 11) is 1.32. The highest BCUT2D eigenvalue weighted by Gasteiger charge is 2.14. The van der Waals surface area contributed by atoms with E-state index in [0.717, 1.165) is 21.1 Å². The predicted octanol–water partition coefficient (Wildman–Crippen LogP) is 44.6. The van der Waals surface area contributed by atoms with Crippen molar-refractivity contribution in [2.75, 3.05) is 24.3 Å². The average molecular weight is 2380 g/mol. The van der Waals surface area contributed by atoms with Gasteiger partial charge in [-0.15, -0.1) is 0 Å². The van der Waals surface area contributed by atoms with E-state index in [4.69, 9.17) is 475 Å². The summed E-state index contributed by atoms with van der Waals surface area (Å²) in [6.07, 6.45) is 11.7. The van der Waals surface area contributed by atoms with E-state index in [2.05, 4.69) is 19.7 Å². The molecule has 0 amide bonds. The molecule has 0 spiro atoms. The van der Waals surface area contributed by atoms with Crippen LogP contribution >= 0.6 is 34.0 Å². The molecule has 1 saturated carbocycles. The van der Waals surface area contributed by atoms with Gasteiger partial charge in [0.2, 0.25) is 0 Å². The van der Waals surface area contributed by atoms with Crippen LogP contribution in [-0.2, 0) is 22.7 Å². The van der Waals surface area contributed by atoms with Crippen LogP contribution in [0.5, 0.6) is 0 Å². The largest absolute Gasteiger partial charge is 0.465 e. The van der Waals surface area contributed by atoms with Crippen molar-refractivity contribution >= 4 is 55.4 Å². The van der Waals surface area contributed by atoms with Gasteiger partial charge in [0.1, 0.15) is 4.88 Å². The molecule has 1 fully saturated rings. The Hall–Kier alpha value is -9.25. The normalized spacial score (nSPS) is 5.53. The molecule has 3 heterocycles. The third-order valence-corrected chi connectivity index (χ3v) is 6.64. The van der Waals surface area contributed by atoms with Crippen LogP contribution in [0.3, 0.4) is 0 Å². The van der Waals surface area contributed by atoms with Crippen LogP contribution in [0.2, 0.25) is 0 Å². The van der Waals surface area contributed by atoms with E-state index in [9.17, 15) is 4.79 Å². The van der Waals surface area contributed by atoms with E-state index in [1.807, 2.05) is 6.20 Å². The zero-order chi connectivity index (χ0) is 121. The highest BCUT2D eigenvalue weighted by atomic mass is 32.1. The summed E-state index contributed by atoms with van der Waals surface area (Å²) in [4.78, 5) is 24.5. The topological polar surface area (TPSA) is 172 Å². The Kier molecular flexibility index (Phi) is 4130. The minimum absolute atomic E-state index is 0. The number of nitrogens with zero attached hydrogens (tertiary/aromatic N) is 3. The van der Waals surface area contributed by atoms with Gasteiger partial charge in [0.25, 0.3) is 0 Å². The highest BCUT2D eigenvalue weighted by Crippen LogP contribution is 2.23. The Morgan fingerprint density at radius 1 is 0.260 bits per heavy atom. The van der Waals surface area contributed by atoms with Crippen LogP contribution in [0.1, 0.15) is 51.5 Å². The van der Waals surface area contributed by atoms with E-state index < -0.39 is 5.97 Å². The number of nitrogens with two attached hydrogens (primary N) is 3. The number of aliphatic hydroxyl groups is 1. The molecule has 0 saturated heterocycles. The SMILES string of the molecule is COC(=O)c1cnc(N)s1.F.FF.FF.FF.FF.FF.FF.FF.FF.FF.FF.FF.FF.FF.FF.FF.FF.FF.FF.FF.FF.FF.FF.FF.FF.FF.FF.FF.FF.FF.FF.FF.FF.FF.FF.FF.FF.FF.FF.FF.FF.FF.FF.FF.FF.FF.FF.FF.FF.FF.Nc1ncc(CO)s1.Nc1ncc(COC2CCCCC2)s1. The van der Waals surface area contributed by atoms with E-state index in [0.29, 0.717) is 33.0 Å². The fraction of sp³-hybridized carbons (Fsp3) is 0.474. The van der Waals surface area contributed by atoms with Crippen LogP contribution in [0, 0.1) is 0 Å². The third-order valence-electron chi connectivity index (χ3n) is 4.22. The fourth-order valence-electron chi connectivity index (χ4n) is 2.70. The minimum atomic E-state index is -0.394. The summed E-state index contributed by atoms with van der Waals surface area (Å²) in [6, 6.07) is 0. The van der Waals surface area contributed by atoms with Crippen molar-refractivity contribution in [2.24, 2.45) is 0 Å². The fourth-order valence-corrected chi connectivity index (χ4v) is 4.45. The van der Waals surface area contributed by atoms with Gasteiger partial charge in [-0.1, -0.05) is 53.3 Å². The quantitative estimate of drug-likeness (QED) is 0.142. The molecule has 0 aliphatic heterocycles. The maximum Gasteiger partial charge on any atom is 0.349 e. The summed E-state index contributed by atoms with van der Waals surface area (Å²) in [6.45, 7) is 0.717. The molecule has 0 aromatic carbocycles. The van der Waals surface area contributed by atoms with E-state index >= 15 is 0 Å². The van der Waals surface area contributed by atoms with Crippen molar-refractivity contribution in [1.82, 2.24) is 15.0 Å². The predicted molar refractivity (Wildman–Crippen MR) is 240 cm³/mol. The molecule has 0 bridgehead atoms. The number of carbonyl (C=O) groups excluding carboxylic acids is 1. The van der Waals surface area contributed by atoms with Crippen molar-refractivity contribution in [2.45, 2.75) is 51.4 Å². The van der Waals surface area contributed by atoms with Crippen molar-refractivity contribution in [3.8, 4) is 0 Å². The lowest BCUT2D eigenvalue weighted by Gasteiger charge is -2.21. The summed E-state index contributed by atoms with van der Waals surface area (Å²) < 4.78 is 794. The van der Waals surface area contributed by atoms with Crippen LogP contribution in [0.25, 0.3) is 0 Å². The Balaban J connectivity index is -0.0000000114. The molecule has 112 heteroatoms. The van der Waals surface area contributed by atoms with Crippen molar-refractivity contribution < 1.29 is 472 Å². The first-order chi connectivity index (χ1) is 64.4. The van der Waals surface area contributed by atoms with Crippen LogP contribution in [0.4, 0.5) is 468 Å². The van der Waals surface area contributed by atoms with Crippen molar-refractivity contribution in [3.63, 3.8) is 0 Å². The smallest absolute Gasteiger partial charge is 0.349 e. The number of thiazole rings is 3. The second kappa shape index (κ2) is 1610. The van der Waals surface area contributed by atoms with Gasteiger partial charge in [-0.25, -0.2) is 19.7 Å². The van der Waals surface area contributed by atoms with Crippen LogP contribution < -0.4 is 17.2 Å². The Bertz CT molecular complexity index is 1040. The highest BCUT2D eigenvalue weighted by molar-refractivity contribution is 7.17. The second-order valence-corrected chi connectivity index (χ2v) is 9.97. The van der Waals surface area contributed by atoms with Gasteiger partial charge in [0.05, 0.1) is 42.4 Å². The minimum Gasteiger partial charge on any atom is -0.465 e. The summed E-state index contributed by atoms with van der Waals surface area (Å²) in [5.74, 6) is -0.394. The lowest BCUT2D eigenvalue weighted by Crippen LogP contribution is -2.15. The molecular formula is C19H29F99N6O4S3. The molecule has 3 aromatic heterocycles. The van der Waals surface area contributed by atoms with Gasteiger partial charge < -0.3 is 31.8 Å². The Morgan fingerprint density at radius 3 is 0.504 bits per heavy atom. The molecule has 4 rings (SSSR count). The number of nitrogen functional groups attached to an aromatic ring is 3. The molecule has 1 aliphatic rings. The number of aliphatic hydroxyl groups excluding tert-OH is 1. The number of aromatic nitrogens is 3. The number of hydrogen-bond acceptors (Lipinski definition) is 13. The van der Waals surface area contributed by atoms with E-state index in [1.54, 1.807) is 6.20 Å². The molecule has 10 nitrogen and oxygen atoms in total. The van der Waals surface area contributed by atoms with E-state index in [1.165, 1.54) is 68.1 Å². The molecule has 0 unspecified atom stereocenters. The molecule has 870 valence electrons. The standard InChI is InChI=1S/C10H16N2OS.C5H6N2O2S.C4H6N2OS.49F2.FH/c11-10-12-6-9(14-10)7-13-8-4-2-1-3-5-8;1-9-4(8)3-2-7-5(6)10-3;5-4-6-1-3(2-7)8-4;49*1-2;/h6,8H,1-5,7H2,(H2,11,12);2H,1H3,(H2,6,7);1,7H,2H2,(H2,5,6);;;;;;;;;;;;;;;;;;;;;;;;;;;;;;;;;;;;;;;;;;;;;;;;;;1H. The first-order valence-electron chi connectivity index (χ1n) is 16.8. The summed E-state index contributed by atoms with van der Waals surface area (Å²) in [5.41, 5.74) is 16.1. The zero-order valence-corrected chi connectivity index (χ0v) is 57.6. The number of halogens is 99. The first kappa shape index (κ1) is 335. The second-order valence-electron chi connectivity index (χ2n) is 6.61. The average Bonchev–Trinajstić information content (AvgIpc) is 1.80. The molecule has 7 N–H and O–H groups in total. The number of ether oxygens (including phenoxy) is 2. The van der Waals surface area contributed by atoms with Gasteiger partial charge in [-0.3, -0.25) is 4.70 Å². The molecule has 0 atom stereocenters. The lowest BCUT2D eigenvalue weighted by molar-refractivity contribution is 0.0181. The molecule has 1 aliphatic carbocycles. The Morgan fingerprint density at radius 2 is 0.397 bits per heavy atom. The molecule has 0 radical (unpaired) electrons. The number of rotatable bonds is 5. The lowest BCUT2D eigenvalue weighted by atomic mass is 9.98. The van der Waals surface area contributed by atoms with Gasteiger partial charge >= 0.3 is 5.97 Å². The molecule has 3 aromatic rings. The Labute approximate surface area is 653 Å². The van der Waals surface area contributed by atoms with Gasteiger partial charge in [0, 0.05) is 461 Å². The van der Waals surface area contributed by atoms with E-state index in [-0.39, 0.29) is 11.3 Å².